The van der Waals surface area contributed by atoms with Crippen molar-refractivity contribution >= 4 is 28.4 Å². The summed E-state index contributed by atoms with van der Waals surface area (Å²) in [6.45, 7) is 3.86. The number of hydrogen-bond acceptors (Lipinski definition) is 1. The number of benzene rings is 2. The second kappa shape index (κ2) is 6.68. The van der Waals surface area contributed by atoms with Crippen molar-refractivity contribution < 1.29 is 0 Å². The van der Waals surface area contributed by atoms with Crippen molar-refractivity contribution in [3.8, 4) is 0 Å². The molecule has 0 heterocycles. The van der Waals surface area contributed by atoms with Crippen LogP contribution in [-0.2, 0) is 0 Å². The number of aliphatic imine (C=N–C) groups is 2. The van der Waals surface area contributed by atoms with E-state index in [0.717, 1.165) is 11.1 Å². The smallest absolute Gasteiger partial charge is 0.224 e. The Morgan fingerprint density at radius 2 is 1.35 bits per heavy atom. The lowest BCUT2D eigenvalue weighted by molar-refractivity contribution is 1.48. The quantitative estimate of drug-likeness (QED) is 0.522. The van der Waals surface area contributed by atoms with Crippen molar-refractivity contribution in [3.63, 3.8) is 0 Å². The number of hydrogen-bond donors (Lipinski definition) is 1. The molecule has 100 valence electrons. The highest BCUT2D eigenvalue weighted by Crippen LogP contribution is 2.14. The van der Waals surface area contributed by atoms with E-state index >= 15 is 0 Å². The number of nitrogens with zero attached hydrogens (tertiary/aromatic N) is 2. The van der Waals surface area contributed by atoms with Gasteiger partial charge in [0.25, 0.3) is 0 Å². The van der Waals surface area contributed by atoms with Gasteiger partial charge in [0.15, 0.2) is 0 Å². The maximum atomic E-state index is 5.99. The fraction of sp³-hybridized carbons (Fsp3) is 0. The Hall–Kier alpha value is -2.39. The van der Waals surface area contributed by atoms with E-state index in [1.165, 1.54) is 0 Å². The third-order valence-corrected chi connectivity index (χ3v) is 2.79. The fourth-order valence-electron chi connectivity index (χ4n) is 1.60. The van der Waals surface area contributed by atoms with Crippen LogP contribution in [0.5, 0.6) is 0 Å². The molecule has 3 nitrogen and oxygen atoms in total. The summed E-state index contributed by atoms with van der Waals surface area (Å²) in [5.41, 5.74) is 8.09. The van der Waals surface area contributed by atoms with Crippen molar-refractivity contribution in [3.05, 3.63) is 78.4 Å². The summed E-state index contributed by atoms with van der Waals surface area (Å²) < 4.78 is 0. The number of amidine groups is 2. The van der Waals surface area contributed by atoms with Crippen molar-refractivity contribution in [2.45, 2.75) is 0 Å². The molecule has 2 aromatic carbocycles. The molecule has 0 atom stereocenters. The number of rotatable bonds is 3. The van der Waals surface area contributed by atoms with Gasteiger partial charge in [-0.1, -0.05) is 67.2 Å². The van der Waals surface area contributed by atoms with Crippen molar-refractivity contribution in [2.24, 2.45) is 15.7 Å². The molecule has 0 radical (unpaired) electrons. The van der Waals surface area contributed by atoms with Crippen LogP contribution in [0.4, 0.5) is 0 Å². The van der Waals surface area contributed by atoms with Crippen molar-refractivity contribution in [1.82, 2.24) is 0 Å². The molecule has 0 unspecified atom stereocenters. The molecule has 0 amide bonds. The van der Waals surface area contributed by atoms with E-state index in [-0.39, 0.29) is 5.29 Å². The lowest BCUT2D eigenvalue weighted by Crippen LogP contribution is -2.14. The first-order valence-corrected chi connectivity index (χ1v) is 6.42. The van der Waals surface area contributed by atoms with Crippen LogP contribution in [0, 0.1) is 0 Å². The van der Waals surface area contributed by atoms with E-state index in [2.05, 4.69) is 16.6 Å². The van der Waals surface area contributed by atoms with Gasteiger partial charge in [-0.2, -0.15) is 0 Å². The van der Waals surface area contributed by atoms with Crippen LogP contribution in [0.1, 0.15) is 11.1 Å². The third kappa shape index (κ3) is 3.80. The Kier molecular flexibility index (Phi) is 4.69. The van der Waals surface area contributed by atoms with E-state index < -0.39 is 0 Å². The maximum absolute atomic E-state index is 5.99. The second-order valence-electron chi connectivity index (χ2n) is 4.06. The first-order valence-electron chi connectivity index (χ1n) is 6.05. The van der Waals surface area contributed by atoms with E-state index in [9.17, 15) is 0 Å². The molecular weight excluding hydrogens is 270 g/mol. The topological polar surface area (TPSA) is 50.7 Å². The molecule has 0 saturated carbocycles. The summed E-state index contributed by atoms with van der Waals surface area (Å²) >= 11 is 5.99. The average molecular weight is 284 g/mol. The predicted molar refractivity (Wildman–Crippen MR) is 85.9 cm³/mol. The van der Waals surface area contributed by atoms with E-state index in [0.29, 0.717) is 11.5 Å². The van der Waals surface area contributed by atoms with Crippen LogP contribution in [0.15, 0.2) is 77.2 Å². The minimum absolute atomic E-state index is 0.0557. The molecule has 2 aromatic rings. The minimum Gasteiger partial charge on any atom is -0.383 e. The van der Waals surface area contributed by atoms with Crippen molar-refractivity contribution in [2.75, 3.05) is 0 Å². The average Bonchev–Trinajstić information content (AvgIpc) is 2.49. The molecule has 2 N–H and O–H groups in total. The number of halogens is 1. The monoisotopic (exact) mass is 283 g/mol. The summed E-state index contributed by atoms with van der Waals surface area (Å²) in [6.07, 6.45) is 0. The summed E-state index contributed by atoms with van der Waals surface area (Å²) in [7, 11) is 0. The molecule has 20 heavy (non-hydrogen) atoms. The minimum atomic E-state index is 0.0557. The van der Waals surface area contributed by atoms with Gasteiger partial charge in [0.1, 0.15) is 5.84 Å². The highest BCUT2D eigenvalue weighted by molar-refractivity contribution is 6.66. The van der Waals surface area contributed by atoms with E-state index in [4.69, 9.17) is 17.3 Å². The first kappa shape index (κ1) is 14.0. The zero-order chi connectivity index (χ0) is 14.4. The zero-order valence-electron chi connectivity index (χ0n) is 10.8. The van der Waals surface area contributed by atoms with Crippen LogP contribution in [-0.4, -0.2) is 11.1 Å². The van der Waals surface area contributed by atoms with Crippen LogP contribution >= 0.6 is 11.6 Å². The molecule has 0 aliphatic rings. The Bertz CT molecular complexity index is 646. The molecule has 2 rings (SSSR count). The number of nitrogens with two attached hydrogens (primary N) is 1. The molecule has 0 aromatic heterocycles. The van der Waals surface area contributed by atoms with Crippen molar-refractivity contribution in [1.29, 1.82) is 0 Å². The summed E-state index contributed by atoms with van der Waals surface area (Å²) in [5.74, 6) is 0.320. The first-order chi connectivity index (χ1) is 9.66. The molecule has 0 aliphatic carbocycles. The van der Waals surface area contributed by atoms with E-state index in [1.54, 1.807) is 0 Å². The van der Waals surface area contributed by atoms with Gasteiger partial charge in [-0.15, -0.1) is 0 Å². The molecule has 4 heteroatoms. The molecule has 0 spiro atoms. The van der Waals surface area contributed by atoms with Crippen LogP contribution in [0.3, 0.4) is 0 Å². The lowest BCUT2D eigenvalue weighted by Gasteiger charge is -2.01. The van der Waals surface area contributed by atoms with Gasteiger partial charge < -0.3 is 5.73 Å². The normalized spacial score (nSPS) is 12.2. The molecule has 0 fully saturated rings. The molecule has 0 aliphatic heterocycles. The highest BCUT2D eigenvalue weighted by Gasteiger charge is 2.01. The van der Waals surface area contributed by atoms with Gasteiger partial charge in [0.2, 0.25) is 5.29 Å². The Balaban J connectivity index is 2.17. The van der Waals surface area contributed by atoms with Gasteiger partial charge in [0.05, 0.1) is 5.70 Å². The Morgan fingerprint density at radius 1 is 0.850 bits per heavy atom. The lowest BCUT2D eigenvalue weighted by atomic mass is 10.2. The summed E-state index contributed by atoms with van der Waals surface area (Å²) in [6, 6.07) is 18.9. The standard InChI is InChI=1S/C16H14ClN3/c1-12(13-8-4-2-5-9-13)19-16(17)20-15(18)14-10-6-3-7-11-14/h2-11H,1H2,(H2,18,19,20). The second-order valence-corrected chi connectivity index (χ2v) is 4.39. The third-order valence-electron chi connectivity index (χ3n) is 2.62. The summed E-state index contributed by atoms with van der Waals surface area (Å²) in [4.78, 5) is 8.19. The fourth-order valence-corrected chi connectivity index (χ4v) is 1.80. The molecule has 0 bridgehead atoms. The van der Waals surface area contributed by atoms with Gasteiger partial charge >= 0.3 is 0 Å². The van der Waals surface area contributed by atoms with Gasteiger partial charge in [-0.3, -0.25) is 0 Å². The predicted octanol–water partition coefficient (Wildman–Crippen LogP) is 3.66. The van der Waals surface area contributed by atoms with Crippen LogP contribution in [0.2, 0.25) is 0 Å². The summed E-state index contributed by atoms with van der Waals surface area (Å²) in [5, 5.41) is 0.0557. The molecule has 0 saturated heterocycles. The van der Waals surface area contributed by atoms with Gasteiger partial charge in [-0.25, -0.2) is 9.98 Å². The zero-order valence-corrected chi connectivity index (χ0v) is 11.6. The van der Waals surface area contributed by atoms with Gasteiger partial charge in [0, 0.05) is 5.56 Å². The Labute approximate surface area is 123 Å². The Morgan fingerprint density at radius 3 is 1.90 bits per heavy atom. The van der Waals surface area contributed by atoms with Crippen LogP contribution < -0.4 is 5.73 Å². The van der Waals surface area contributed by atoms with Crippen LogP contribution in [0.25, 0.3) is 5.70 Å². The largest absolute Gasteiger partial charge is 0.383 e. The van der Waals surface area contributed by atoms with E-state index in [1.807, 2.05) is 60.7 Å². The maximum Gasteiger partial charge on any atom is 0.224 e. The van der Waals surface area contributed by atoms with Gasteiger partial charge in [-0.05, 0) is 17.2 Å². The SMILES string of the molecule is C=C(N=C(Cl)N=C(N)c1ccccc1)c1ccccc1. The highest BCUT2D eigenvalue weighted by atomic mass is 35.5. The molecular formula is C16H14ClN3.